The molecule has 2 amide bonds. The molecule has 0 radical (unpaired) electrons. The van der Waals surface area contributed by atoms with Crippen LogP contribution in [0.4, 0.5) is 0 Å². The molecule has 8 heteroatoms. The second-order valence-corrected chi connectivity index (χ2v) is 9.49. The smallest absolute Gasteiger partial charge is 0.251 e. The molecule has 2 aromatic carbocycles. The maximum absolute atomic E-state index is 12.7. The molecule has 0 bridgehead atoms. The van der Waals surface area contributed by atoms with Crippen LogP contribution in [-0.2, 0) is 14.8 Å². The van der Waals surface area contributed by atoms with Crippen LogP contribution in [0.25, 0.3) is 0 Å². The fourth-order valence-corrected chi connectivity index (χ4v) is 4.45. The Morgan fingerprint density at radius 2 is 1.57 bits per heavy atom. The summed E-state index contributed by atoms with van der Waals surface area (Å²) in [7, 11) is -3.20. The maximum atomic E-state index is 12.7. The summed E-state index contributed by atoms with van der Waals surface area (Å²) in [5, 5.41) is 5.95. The van der Waals surface area contributed by atoms with E-state index in [0.717, 1.165) is 5.56 Å². The van der Waals surface area contributed by atoms with E-state index < -0.39 is 16.1 Å². The van der Waals surface area contributed by atoms with Crippen LogP contribution < -0.4 is 10.6 Å². The largest absolute Gasteiger partial charge is 0.353 e. The van der Waals surface area contributed by atoms with Crippen molar-refractivity contribution in [2.45, 2.75) is 31.3 Å². The summed E-state index contributed by atoms with van der Waals surface area (Å²) in [6, 6.07) is 17.7. The first kappa shape index (κ1) is 22.0. The molecule has 7 nitrogen and oxygen atoms in total. The molecule has 1 heterocycles. The molecule has 0 aliphatic carbocycles. The number of hydrogen-bond donors (Lipinski definition) is 2. The predicted molar refractivity (Wildman–Crippen MR) is 115 cm³/mol. The van der Waals surface area contributed by atoms with E-state index in [1.807, 2.05) is 36.4 Å². The summed E-state index contributed by atoms with van der Waals surface area (Å²) in [4.78, 5) is 25.3. The molecule has 1 fully saturated rings. The highest BCUT2D eigenvalue weighted by atomic mass is 32.2. The lowest BCUT2D eigenvalue weighted by molar-refractivity contribution is -0.122. The molecule has 1 unspecified atom stereocenters. The van der Waals surface area contributed by atoms with Gasteiger partial charge in [-0.2, -0.15) is 0 Å². The summed E-state index contributed by atoms with van der Waals surface area (Å²) in [6.07, 6.45) is 2.46. The van der Waals surface area contributed by atoms with E-state index in [-0.39, 0.29) is 24.3 Å². The Morgan fingerprint density at radius 1 is 1.00 bits per heavy atom. The zero-order valence-corrected chi connectivity index (χ0v) is 17.8. The zero-order chi connectivity index (χ0) is 21.6. The lowest BCUT2D eigenvalue weighted by Crippen LogP contribution is -2.46. The van der Waals surface area contributed by atoms with Crippen molar-refractivity contribution >= 4 is 21.8 Å². The minimum atomic E-state index is -3.20. The van der Waals surface area contributed by atoms with Gasteiger partial charge in [0.25, 0.3) is 5.91 Å². The Bertz CT molecular complexity index is 956. The highest BCUT2D eigenvalue weighted by Crippen LogP contribution is 2.19. The van der Waals surface area contributed by atoms with Gasteiger partial charge in [-0.15, -0.1) is 0 Å². The minimum Gasteiger partial charge on any atom is -0.353 e. The van der Waals surface area contributed by atoms with Gasteiger partial charge in [0, 0.05) is 24.7 Å². The van der Waals surface area contributed by atoms with Gasteiger partial charge in [0.05, 0.1) is 18.7 Å². The van der Waals surface area contributed by atoms with E-state index in [4.69, 9.17) is 0 Å². The third-order valence-corrected chi connectivity index (χ3v) is 6.52. The summed E-state index contributed by atoms with van der Waals surface area (Å²) in [5.41, 5.74) is 1.39. The molecule has 0 saturated carbocycles. The molecule has 160 valence electrons. The summed E-state index contributed by atoms with van der Waals surface area (Å²) < 4.78 is 24.7. The van der Waals surface area contributed by atoms with Crippen LogP contribution in [0.15, 0.2) is 60.7 Å². The minimum absolute atomic E-state index is 0.0725. The molecule has 0 spiro atoms. The molecule has 3 rings (SSSR count). The third kappa shape index (κ3) is 6.14. The summed E-state index contributed by atoms with van der Waals surface area (Å²) in [5.74, 6) is -0.409. The highest BCUT2D eigenvalue weighted by Gasteiger charge is 2.27. The van der Waals surface area contributed by atoms with Gasteiger partial charge in [0.2, 0.25) is 15.9 Å². The quantitative estimate of drug-likeness (QED) is 0.705. The van der Waals surface area contributed by atoms with E-state index in [9.17, 15) is 18.0 Å². The lowest BCUT2D eigenvalue weighted by Gasteiger charge is -2.31. The third-order valence-electron chi connectivity index (χ3n) is 5.22. The van der Waals surface area contributed by atoms with Gasteiger partial charge < -0.3 is 10.6 Å². The topological polar surface area (TPSA) is 95.6 Å². The molecular formula is C22H27N3O4S. The van der Waals surface area contributed by atoms with Crippen LogP contribution in [0.2, 0.25) is 0 Å². The van der Waals surface area contributed by atoms with Crippen molar-refractivity contribution in [1.82, 2.24) is 14.9 Å². The van der Waals surface area contributed by atoms with E-state index in [1.54, 1.807) is 24.3 Å². The van der Waals surface area contributed by atoms with Crippen molar-refractivity contribution in [2.24, 2.45) is 0 Å². The van der Waals surface area contributed by atoms with Gasteiger partial charge in [-0.05, 0) is 30.5 Å². The normalized spacial score (nSPS) is 16.6. The van der Waals surface area contributed by atoms with Crippen molar-refractivity contribution in [3.8, 4) is 0 Å². The first-order valence-electron chi connectivity index (χ1n) is 9.98. The van der Waals surface area contributed by atoms with E-state index >= 15 is 0 Å². The number of amides is 2. The molecule has 1 atom stereocenters. The number of benzene rings is 2. The van der Waals surface area contributed by atoms with Crippen molar-refractivity contribution in [3.63, 3.8) is 0 Å². The molecule has 2 N–H and O–H groups in total. The first-order valence-corrected chi connectivity index (χ1v) is 11.8. The Balaban J connectivity index is 1.62. The number of piperidine rings is 1. The number of carbonyl (C=O) groups is 2. The van der Waals surface area contributed by atoms with Crippen LogP contribution >= 0.6 is 0 Å². The maximum Gasteiger partial charge on any atom is 0.251 e. The fourth-order valence-electron chi connectivity index (χ4n) is 3.57. The molecule has 30 heavy (non-hydrogen) atoms. The lowest BCUT2D eigenvalue weighted by atomic mass is 10.0. The van der Waals surface area contributed by atoms with Crippen molar-refractivity contribution in [1.29, 1.82) is 0 Å². The Kier molecular flexibility index (Phi) is 7.23. The van der Waals surface area contributed by atoms with Gasteiger partial charge >= 0.3 is 0 Å². The number of rotatable bonds is 7. The second-order valence-electron chi connectivity index (χ2n) is 7.51. The average Bonchev–Trinajstić information content (AvgIpc) is 2.74. The van der Waals surface area contributed by atoms with Crippen molar-refractivity contribution in [2.75, 3.05) is 19.3 Å². The molecular weight excluding hydrogens is 402 g/mol. The fraction of sp³-hybridized carbons (Fsp3) is 0.364. The monoisotopic (exact) mass is 429 g/mol. The van der Waals surface area contributed by atoms with Crippen LogP contribution in [0.5, 0.6) is 0 Å². The van der Waals surface area contributed by atoms with Gasteiger partial charge in [-0.25, -0.2) is 12.7 Å². The SMILES string of the molecule is CS(=O)(=O)N1CCC(NC(=O)CC(NC(=O)c2ccccc2)c2ccccc2)CC1. The van der Waals surface area contributed by atoms with E-state index in [1.165, 1.54) is 10.6 Å². The Labute approximate surface area is 177 Å². The molecule has 1 aliphatic heterocycles. The number of sulfonamides is 1. The molecule has 1 aliphatic rings. The number of nitrogens with one attached hydrogen (secondary N) is 2. The van der Waals surface area contributed by atoms with Crippen LogP contribution in [0.1, 0.15) is 41.2 Å². The molecule has 2 aromatic rings. The summed E-state index contributed by atoms with van der Waals surface area (Å²) >= 11 is 0. The van der Waals surface area contributed by atoms with Crippen LogP contribution in [-0.4, -0.2) is 49.9 Å². The molecule has 0 aromatic heterocycles. The van der Waals surface area contributed by atoms with Gasteiger partial charge in [-0.1, -0.05) is 48.5 Å². The summed E-state index contributed by atoms with van der Waals surface area (Å²) in [6.45, 7) is 0.799. The van der Waals surface area contributed by atoms with E-state index in [2.05, 4.69) is 10.6 Å². The van der Waals surface area contributed by atoms with Gasteiger partial charge in [-0.3, -0.25) is 9.59 Å². The standard InChI is InChI=1S/C22H27N3O4S/c1-30(28,29)25-14-12-19(13-15-25)23-21(26)16-20(17-8-4-2-5-9-17)24-22(27)18-10-6-3-7-11-18/h2-11,19-20H,12-16H2,1H3,(H,23,26)(H,24,27). The number of hydrogen-bond acceptors (Lipinski definition) is 4. The van der Waals surface area contributed by atoms with Crippen LogP contribution in [0, 0.1) is 0 Å². The zero-order valence-electron chi connectivity index (χ0n) is 17.0. The number of carbonyl (C=O) groups excluding carboxylic acids is 2. The number of nitrogens with zero attached hydrogens (tertiary/aromatic N) is 1. The van der Waals surface area contributed by atoms with Gasteiger partial charge in [0.1, 0.15) is 0 Å². The second kappa shape index (κ2) is 9.86. The Morgan fingerprint density at radius 3 is 2.13 bits per heavy atom. The average molecular weight is 430 g/mol. The van der Waals surface area contributed by atoms with Crippen LogP contribution in [0.3, 0.4) is 0 Å². The molecule has 1 saturated heterocycles. The Hall–Kier alpha value is -2.71. The van der Waals surface area contributed by atoms with Gasteiger partial charge in [0.15, 0.2) is 0 Å². The van der Waals surface area contributed by atoms with Crippen molar-refractivity contribution < 1.29 is 18.0 Å². The van der Waals surface area contributed by atoms with E-state index in [0.29, 0.717) is 31.5 Å². The predicted octanol–water partition coefficient (Wildman–Crippen LogP) is 2.09. The van der Waals surface area contributed by atoms with Crippen molar-refractivity contribution in [3.05, 3.63) is 71.8 Å². The first-order chi connectivity index (χ1) is 14.3. The highest BCUT2D eigenvalue weighted by molar-refractivity contribution is 7.88.